The first-order valence-corrected chi connectivity index (χ1v) is 5.46. The SMILES string of the molecule is CC1CCC(C)(N2CCCC2)C1. The molecule has 1 aliphatic heterocycles. The topological polar surface area (TPSA) is 3.24 Å². The van der Waals surface area contributed by atoms with E-state index in [4.69, 9.17) is 0 Å². The molecule has 1 saturated heterocycles. The third kappa shape index (κ3) is 1.39. The summed E-state index contributed by atoms with van der Waals surface area (Å²) in [6.07, 6.45) is 7.20. The van der Waals surface area contributed by atoms with Crippen molar-refractivity contribution in [1.29, 1.82) is 0 Å². The van der Waals surface area contributed by atoms with Gasteiger partial charge in [0.25, 0.3) is 0 Å². The molecule has 0 spiro atoms. The summed E-state index contributed by atoms with van der Waals surface area (Å²) in [7, 11) is 0. The summed E-state index contributed by atoms with van der Waals surface area (Å²) >= 11 is 0. The summed E-state index contributed by atoms with van der Waals surface area (Å²) < 4.78 is 0. The number of hydrogen-bond acceptors (Lipinski definition) is 1. The predicted octanol–water partition coefficient (Wildman–Crippen LogP) is 2.66. The van der Waals surface area contributed by atoms with Crippen LogP contribution in [0, 0.1) is 5.92 Å². The van der Waals surface area contributed by atoms with E-state index in [2.05, 4.69) is 18.7 Å². The minimum atomic E-state index is 0.579. The van der Waals surface area contributed by atoms with E-state index in [-0.39, 0.29) is 0 Å². The van der Waals surface area contributed by atoms with Crippen LogP contribution in [-0.2, 0) is 0 Å². The molecule has 2 aliphatic rings. The molecule has 0 N–H and O–H groups in total. The van der Waals surface area contributed by atoms with Crippen LogP contribution in [0.25, 0.3) is 0 Å². The number of rotatable bonds is 1. The van der Waals surface area contributed by atoms with Crippen molar-refractivity contribution in [3.63, 3.8) is 0 Å². The van der Waals surface area contributed by atoms with Crippen LogP contribution < -0.4 is 0 Å². The molecule has 0 aromatic rings. The Morgan fingerprint density at radius 1 is 1.25 bits per heavy atom. The van der Waals surface area contributed by atoms with Gasteiger partial charge in [-0.1, -0.05) is 6.92 Å². The van der Waals surface area contributed by atoms with Crippen molar-refractivity contribution in [1.82, 2.24) is 4.90 Å². The van der Waals surface area contributed by atoms with Crippen LogP contribution >= 0.6 is 0 Å². The van der Waals surface area contributed by atoms with E-state index >= 15 is 0 Å². The smallest absolute Gasteiger partial charge is 0.0184 e. The maximum Gasteiger partial charge on any atom is 0.0184 e. The Bertz CT molecular complexity index is 160. The maximum atomic E-state index is 2.73. The Morgan fingerprint density at radius 3 is 2.42 bits per heavy atom. The lowest BCUT2D eigenvalue weighted by atomic mass is 9.97. The van der Waals surface area contributed by atoms with Gasteiger partial charge in [0.1, 0.15) is 0 Å². The van der Waals surface area contributed by atoms with E-state index in [0.717, 1.165) is 5.92 Å². The standard InChI is InChI=1S/C11H21N/c1-10-5-6-11(2,9-10)12-7-3-4-8-12/h10H,3-9H2,1-2H3. The molecule has 2 rings (SSSR count). The van der Waals surface area contributed by atoms with E-state index in [1.165, 1.54) is 45.2 Å². The molecule has 0 radical (unpaired) electrons. The van der Waals surface area contributed by atoms with Crippen LogP contribution in [0.1, 0.15) is 46.0 Å². The molecule has 0 aromatic heterocycles. The van der Waals surface area contributed by atoms with Crippen LogP contribution in [-0.4, -0.2) is 23.5 Å². The second kappa shape index (κ2) is 3.02. The zero-order valence-corrected chi connectivity index (χ0v) is 8.47. The molecule has 1 saturated carbocycles. The predicted molar refractivity (Wildman–Crippen MR) is 52.2 cm³/mol. The minimum absolute atomic E-state index is 0.579. The lowest BCUT2D eigenvalue weighted by Crippen LogP contribution is -2.42. The molecule has 1 aliphatic carbocycles. The Hall–Kier alpha value is -0.0400. The zero-order chi connectivity index (χ0) is 8.60. The maximum absolute atomic E-state index is 2.73. The molecule has 2 fully saturated rings. The molecular weight excluding hydrogens is 146 g/mol. The summed E-state index contributed by atoms with van der Waals surface area (Å²) in [6.45, 7) is 7.61. The van der Waals surface area contributed by atoms with Gasteiger partial charge in [-0.05, 0) is 58.0 Å². The second-order valence-electron chi connectivity index (χ2n) is 5.04. The van der Waals surface area contributed by atoms with Crippen molar-refractivity contribution in [3.8, 4) is 0 Å². The summed E-state index contributed by atoms with van der Waals surface area (Å²) in [6, 6.07) is 0. The molecule has 0 amide bonds. The third-order valence-electron chi connectivity index (χ3n) is 3.83. The average molecular weight is 167 g/mol. The highest BCUT2D eigenvalue weighted by molar-refractivity contribution is 4.94. The lowest BCUT2D eigenvalue weighted by Gasteiger charge is -2.35. The summed E-state index contributed by atoms with van der Waals surface area (Å²) in [5, 5.41) is 0. The average Bonchev–Trinajstić information content (AvgIpc) is 2.59. The molecule has 0 aromatic carbocycles. The van der Waals surface area contributed by atoms with Gasteiger partial charge in [0.2, 0.25) is 0 Å². The summed E-state index contributed by atoms with van der Waals surface area (Å²) in [5.74, 6) is 0.968. The van der Waals surface area contributed by atoms with E-state index in [1.807, 2.05) is 0 Å². The van der Waals surface area contributed by atoms with Crippen molar-refractivity contribution in [2.45, 2.75) is 51.5 Å². The fourth-order valence-corrected chi connectivity index (χ4v) is 3.06. The number of hydrogen-bond donors (Lipinski definition) is 0. The molecule has 12 heavy (non-hydrogen) atoms. The number of likely N-dealkylation sites (tertiary alicyclic amines) is 1. The Morgan fingerprint density at radius 2 is 1.92 bits per heavy atom. The Balaban J connectivity index is 2.00. The van der Waals surface area contributed by atoms with Gasteiger partial charge < -0.3 is 0 Å². The van der Waals surface area contributed by atoms with E-state index < -0.39 is 0 Å². The summed E-state index contributed by atoms with van der Waals surface area (Å²) in [5.41, 5.74) is 0.579. The van der Waals surface area contributed by atoms with E-state index in [9.17, 15) is 0 Å². The van der Waals surface area contributed by atoms with Crippen LogP contribution in [0.2, 0.25) is 0 Å². The Kier molecular flexibility index (Phi) is 2.16. The van der Waals surface area contributed by atoms with Crippen molar-refractivity contribution in [2.24, 2.45) is 5.92 Å². The molecular formula is C11H21N. The molecule has 1 nitrogen and oxygen atoms in total. The second-order valence-corrected chi connectivity index (χ2v) is 5.04. The zero-order valence-electron chi connectivity index (χ0n) is 8.47. The minimum Gasteiger partial charge on any atom is -0.298 e. The first-order valence-electron chi connectivity index (χ1n) is 5.46. The highest BCUT2D eigenvalue weighted by atomic mass is 15.2. The molecule has 2 unspecified atom stereocenters. The van der Waals surface area contributed by atoms with Crippen molar-refractivity contribution < 1.29 is 0 Å². The normalized spacial score (nSPS) is 44.0. The summed E-state index contributed by atoms with van der Waals surface area (Å²) in [4.78, 5) is 2.73. The largest absolute Gasteiger partial charge is 0.298 e. The number of nitrogens with zero attached hydrogens (tertiary/aromatic N) is 1. The van der Waals surface area contributed by atoms with Gasteiger partial charge in [-0.25, -0.2) is 0 Å². The van der Waals surface area contributed by atoms with Crippen molar-refractivity contribution in [2.75, 3.05) is 13.1 Å². The first kappa shape index (κ1) is 8.55. The van der Waals surface area contributed by atoms with Gasteiger partial charge in [-0.2, -0.15) is 0 Å². The molecule has 2 atom stereocenters. The Labute approximate surface area is 76.1 Å². The van der Waals surface area contributed by atoms with Gasteiger partial charge in [-0.3, -0.25) is 4.90 Å². The molecule has 0 bridgehead atoms. The highest BCUT2D eigenvalue weighted by Gasteiger charge is 2.38. The van der Waals surface area contributed by atoms with E-state index in [0.29, 0.717) is 5.54 Å². The van der Waals surface area contributed by atoms with Crippen LogP contribution in [0.4, 0.5) is 0 Å². The highest BCUT2D eigenvalue weighted by Crippen LogP contribution is 2.39. The van der Waals surface area contributed by atoms with E-state index in [1.54, 1.807) is 0 Å². The van der Waals surface area contributed by atoms with Gasteiger partial charge >= 0.3 is 0 Å². The molecule has 70 valence electrons. The van der Waals surface area contributed by atoms with Gasteiger partial charge in [0, 0.05) is 5.54 Å². The molecule has 1 heterocycles. The fourth-order valence-electron chi connectivity index (χ4n) is 3.06. The van der Waals surface area contributed by atoms with Crippen LogP contribution in [0.3, 0.4) is 0 Å². The third-order valence-corrected chi connectivity index (χ3v) is 3.83. The van der Waals surface area contributed by atoms with Gasteiger partial charge in [0.05, 0.1) is 0 Å². The quantitative estimate of drug-likeness (QED) is 0.580. The van der Waals surface area contributed by atoms with Gasteiger partial charge in [-0.15, -0.1) is 0 Å². The fraction of sp³-hybridized carbons (Fsp3) is 1.00. The van der Waals surface area contributed by atoms with Crippen LogP contribution in [0.15, 0.2) is 0 Å². The molecule has 1 heteroatoms. The van der Waals surface area contributed by atoms with Crippen LogP contribution in [0.5, 0.6) is 0 Å². The lowest BCUT2D eigenvalue weighted by molar-refractivity contribution is 0.138. The first-order chi connectivity index (χ1) is 5.71. The monoisotopic (exact) mass is 167 g/mol. The van der Waals surface area contributed by atoms with Crippen molar-refractivity contribution >= 4 is 0 Å². The van der Waals surface area contributed by atoms with Gasteiger partial charge in [0.15, 0.2) is 0 Å². The van der Waals surface area contributed by atoms with Crippen molar-refractivity contribution in [3.05, 3.63) is 0 Å².